The Morgan fingerprint density at radius 1 is 1.55 bits per heavy atom. The van der Waals surface area contributed by atoms with Crippen LogP contribution in [0.4, 0.5) is 0 Å². The zero-order valence-electron chi connectivity index (χ0n) is 11.5. The highest BCUT2D eigenvalue weighted by atomic mass is 32.2. The van der Waals surface area contributed by atoms with Gasteiger partial charge in [-0.3, -0.25) is 4.79 Å². The molecule has 5 nitrogen and oxygen atoms in total. The summed E-state index contributed by atoms with van der Waals surface area (Å²) in [6.45, 7) is 0.569. The molecule has 2 N–H and O–H groups in total. The molecule has 1 atom stereocenters. The summed E-state index contributed by atoms with van der Waals surface area (Å²) >= 11 is 1.60. The van der Waals surface area contributed by atoms with Crippen LogP contribution >= 0.6 is 11.3 Å². The van der Waals surface area contributed by atoms with Crippen LogP contribution in [-0.4, -0.2) is 43.3 Å². The van der Waals surface area contributed by atoms with E-state index in [1.165, 1.54) is 0 Å². The molecule has 1 unspecified atom stereocenters. The number of hydrogen-bond donors (Lipinski definition) is 1. The number of nitrogens with zero attached hydrogens (tertiary/aromatic N) is 1. The van der Waals surface area contributed by atoms with Crippen LogP contribution < -0.4 is 5.73 Å². The summed E-state index contributed by atoms with van der Waals surface area (Å²) in [5.74, 6) is -0.181. The van der Waals surface area contributed by atoms with Crippen molar-refractivity contribution in [2.75, 3.05) is 12.0 Å². The molecule has 2 rings (SSSR count). The molecular weight excluding hydrogens is 296 g/mol. The quantitative estimate of drug-likeness (QED) is 0.814. The average molecular weight is 316 g/mol. The smallest absolute Gasteiger partial charge is 0.240 e. The van der Waals surface area contributed by atoms with Gasteiger partial charge in [-0.05, 0) is 41.7 Å². The van der Waals surface area contributed by atoms with Gasteiger partial charge in [0.2, 0.25) is 5.91 Å². The Bertz CT molecular complexity index is 550. The van der Waals surface area contributed by atoms with Crippen molar-refractivity contribution in [1.29, 1.82) is 0 Å². The summed E-state index contributed by atoms with van der Waals surface area (Å²) in [6.07, 6.45) is 3.36. The number of carbonyl (C=O) groups is 1. The molecule has 1 aliphatic carbocycles. The predicted octanol–water partition coefficient (Wildman–Crippen LogP) is 1.00. The molecule has 0 radical (unpaired) electrons. The van der Waals surface area contributed by atoms with Crippen molar-refractivity contribution < 1.29 is 13.2 Å². The molecule has 1 amide bonds. The van der Waals surface area contributed by atoms with Crippen molar-refractivity contribution in [3.05, 3.63) is 22.4 Å². The lowest BCUT2D eigenvalue weighted by molar-refractivity contribution is -0.133. The van der Waals surface area contributed by atoms with Crippen LogP contribution in [0, 0.1) is 0 Å². The number of nitrogens with two attached hydrogens (primary N) is 1. The van der Waals surface area contributed by atoms with E-state index in [1.807, 2.05) is 16.8 Å². The van der Waals surface area contributed by atoms with E-state index in [2.05, 4.69) is 0 Å². The molecule has 112 valence electrons. The summed E-state index contributed by atoms with van der Waals surface area (Å²) in [5.41, 5.74) is 6.97. The molecule has 1 fully saturated rings. The largest absolute Gasteiger partial charge is 0.334 e. The lowest BCUT2D eigenvalue weighted by Crippen LogP contribution is -2.45. The molecule has 1 aromatic heterocycles. The lowest BCUT2D eigenvalue weighted by atomic mass is 10.2. The first-order valence-corrected chi connectivity index (χ1v) is 9.62. The summed E-state index contributed by atoms with van der Waals surface area (Å²) in [4.78, 5) is 14.2. The normalized spacial score (nSPS) is 16.9. The van der Waals surface area contributed by atoms with Crippen molar-refractivity contribution in [3.63, 3.8) is 0 Å². The van der Waals surface area contributed by atoms with Gasteiger partial charge in [0.15, 0.2) is 0 Å². The molecule has 0 aliphatic heterocycles. The van der Waals surface area contributed by atoms with Gasteiger partial charge in [0, 0.05) is 18.8 Å². The molecule has 1 aliphatic rings. The molecule has 0 saturated heterocycles. The Hall–Kier alpha value is -0.920. The third-order valence-corrected chi connectivity index (χ3v) is 5.03. The van der Waals surface area contributed by atoms with Gasteiger partial charge in [-0.1, -0.05) is 0 Å². The lowest BCUT2D eigenvalue weighted by Gasteiger charge is -2.25. The summed E-state index contributed by atoms with van der Waals surface area (Å²) in [6, 6.07) is 1.53. The number of rotatable bonds is 7. The van der Waals surface area contributed by atoms with Crippen molar-refractivity contribution in [2.24, 2.45) is 5.73 Å². The van der Waals surface area contributed by atoms with Gasteiger partial charge in [0.25, 0.3) is 0 Å². The number of thiophene rings is 1. The monoisotopic (exact) mass is 316 g/mol. The van der Waals surface area contributed by atoms with Crippen LogP contribution in [0.2, 0.25) is 0 Å². The highest BCUT2D eigenvalue weighted by Gasteiger charge is 2.34. The van der Waals surface area contributed by atoms with Crippen LogP contribution in [0.25, 0.3) is 0 Å². The zero-order valence-corrected chi connectivity index (χ0v) is 13.1. The first-order valence-electron chi connectivity index (χ1n) is 6.61. The van der Waals surface area contributed by atoms with E-state index in [4.69, 9.17) is 5.73 Å². The average Bonchev–Trinajstić information content (AvgIpc) is 3.08. The van der Waals surface area contributed by atoms with E-state index >= 15 is 0 Å². The maximum Gasteiger partial charge on any atom is 0.240 e. The SMILES string of the molecule is CS(=O)(=O)CCC(N)C(=O)N(Cc1ccsc1)C1CC1. The van der Waals surface area contributed by atoms with Gasteiger partial charge in [-0.2, -0.15) is 11.3 Å². The molecule has 1 heterocycles. The van der Waals surface area contributed by atoms with E-state index in [0.29, 0.717) is 6.54 Å². The van der Waals surface area contributed by atoms with Gasteiger partial charge < -0.3 is 10.6 Å². The van der Waals surface area contributed by atoms with Gasteiger partial charge in [0.1, 0.15) is 9.84 Å². The minimum atomic E-state index is -3.08. The minimum Gasteiger partial charge on any atom is -0.334 e. The number of hydrogen-bond acceptors (Lipinski definition) is 5. The second-order valence-electron chi connectivity index (χ2n) is 5.35. The molecular formula is C13H20N2O3S2. The van der Waals surface area contributed by atoms with Gasteiger partial charge in [-0.25, -0.2) is 8.42 Å². The van der Waals surface area contributed by atoms with E-state index < -0.39 is 15.9 Å². The van der Waals surface area contributed by atoms with E-state index in [1.54, 1.807) is 16.2 Å². The maximum absolute atomic E-state index is 12.4. The molecule has 0 bridgehead atoms. The zero-order chi connectivity index (χ0) is 14.8. The topological polar surface area (TPSA) is 80.5 Å². The summed E-state index contributed by atoms with van der Waals surface area (Å²) in [7, 11) is -3.08. The summed E-state index contributed by atoms with van der Waals surface area (Å²) in [5, 5.41) is 4.00. The highest BCUT2D eigenvalue weighted by molar-refractivity contribution is 7.90. The van der Waals surface area contributed by atoms with Crippen molar-refractivity contribution in [1.82, 2.24) is 4.90 Å². The second-order valence-corrected chi connectivity index (χ2v) is 8.39. The molecule has 0 spiro atoms. The summed E-state index contributed by atoms with van der Waals surface area (Å²) < 4.78 is 22.3. The fraction of sp³-hybridized carbons (Fsp3) is 0.615. The van der Waals surface area contributed by atoms with Gasteiger partial charge in [-0.15, -0.1) is 0 Å². The van der Waals surface area contributed by atoms with Crippen molar-refractivity contribution in [2.45, 2.75) is 37.9 Å². The predicted molar refractivity (Wildman–Crippen MR) is 80.2 cm³/mol. The van der Waals surface area contributed by atoms with Crippen LogP contribution in [0.15, 0.2) is 16.8 Å². The highest BCUT2D eigenvalue weighted by Crippen LogP contribution is 2.29. The van der Waals surface area contributed by atoms with Gasteiger partial charge >= 0.3 is 0 Å². The number of amides is 1. The first kappa shape index (κ1) is 15.5. The van der Waals surface area contributed by atoms with Crippen LogP contribution in [0.3, 0.4) is 0 Å². The van der Waals surface area contributed by atoms with E-state index in [9.17, 15) is 13.2 Å². The van der Waals surface area contributed by atoms with Crippen molar-refractivity contribution in [3.8, 4) is 0 Å². The fourth-order valence-corrected chi connectivity index (χ4v) is 3.37. The molecule has 7 heteroatoms. The van der Waals surface area contributed by atoms with Crippen LogP contribution in [0.1, 0.15) is 24.8 Å². The number of sulfone groups is 1. The van der Waals surface area contributed by atoms with E-state index in [0.717, 1.165) is 24.7 Å². The third-order valence-electron chi connectivity index (χ3n) is 3.32. The van der Waals surface area contributed by atoms with Crippen molar-refractivity contribution >= 4 is 27.1 Å². The number of carbonyl (C=O) groups excluding carboxylic acids is 1. The standard InChI is InChI=1S/C13H20N2O3S2/c1-20(17,18)7-5-12(14)13(16)15(11-2-3-11)8-10-4-6-19-9-10/h4,6,9,11-12H,2-3,5,7-8,14H2,1H3. The Morgan fingerprint density at radius 3 is 2.75 bits per heavy atom. The van der Waals surface area contributed by atoms with E-state index in [-0.39, 0.29) is 24.1 Å². The molecule has 20 heavy (non-hydrogen) atoms. The Kier molecular flexibility index (Phi) is 4.82. The Balaban J connectivity index is 1.96. The molecule has 1 saturated carbocycles. The maximum atomic E-state index is 12.4. The van der Waals surface area contributed by atoms with Gasteiger partial charge in [0.05, 0.1) is 11.8 Å². The fourth-order valence-electron chi connectivity index (χ4n) is 2.03. The Labute approximate surface area is 123 Å². The van der Waals surface area contributed by atoms with Crippen LogP contribution in [-0.2, 0) is 21.2 Å². The molecule has 0 aromatic carbocycles. The van der Waals surface area contributed by atoms with Crippen LogP contribution in [0.5, 0.6) is 0 Å². The minimum absolute atomic E-state index is 0.0448. The molecule has 1 aromatic rings. The third kappa shape index (κ3) is 4.57. The first-order chi connectivity index (χ1) is 9.37. The Morgan fingerprint density at radius 2 is 2.25 bits per heavy atom. The second kappa shape index (κ2) is 6.24.